The van der Waals surface area contributed by atoms with Crippen molar-refractivity contribution in [1.82, 2.24) is 10.0 Å². The van der Waals surface area contributed by atoms with E-state index >= 15 is 0 Å². The van der Waals surface area contributed by atoms with Crippen LogP contribution in [0, 0.1) is 0 Å². The van der Waals surface area contributed by atoms with Crippen molar-refractivity contribution in [2.45, 2.75) is 32.9 Å². The van der Waals surface area contributed by atoms with E-state index in [2.05, 4.69) is 10.0 Å². The Hall–Kier alpha value is -1.06. The van der Waals surface area contributed by atoms with Gasteiger partial charge < -0.3 is 10.4 Å². The van der Waals surface area contributed by atoms with E-state index in [4.69, 9.17) is 5.11 Å². The predicted octanol–water partition coefficient (Wildman–Crippen LogP) is 0.00830. The van der Waals surface area contributed by atoms with Crippen molar-refractivity contribution in [1.29, 1.82) is 0 Å². The normalized spacial score (nSPS) is 13.4. The Bertz CT molecular complexity index is 375. The summed E-state index contributed by atoms with van der Waals surface area (Å²) in [4.78, 5) is 44.0. The summed E-state index contributed by atoms with van der Waals surface area (Å²) >= 11 is 1.60. The molecule has 0 heterocycles. The molecule has 0 bridgehead atoms. The van der Waals surface area contributed by atoms with Crippen LogP contribution in [0.1, 0.15) is 20.8 Å². The Labute approximate surface area is 119 Å². The molecule has 0 saturated heterocycles. The first kappa shape index (κ1) is 17.9. The fourth-order valence-electron chi connectivity index (χ4n) is 0.930. The van der Waals surface area contributed by atoms with Crippen LogP contribution >= 0.6 is 23.7 Å². The molecule has 1 amide bonds. The molecule has 2 unspecified atom stereocenters. The summed E-state index contributed by atoms with van der Waals surface area (Å²) in [5.41, 5.74) is 0. The molecule has 0 saturated carbocycles. The second-order valence-corrected chi connectivity index (χ2v) is 5.69. The van der Waals surface area contributed by atoms with E-state index in [9.17, 15) is 19.2 Å². The van der Waals surface area contributed by atoms with Gasteiger partial charge in [0.05, 0.1) is 6.04 Å². The molecule has 0 radical (unpaired) electrons. The average molecular weight is 308 g/mol. The van der Waals surface area contributed by atoms with Crippen LogP contribution in [0.3, 0.4) is 0 Å². The number of nitrogens with one attached hydrogen (secondary N) is 2. The molecular formula is C10H16N2O5S2. The maximum Gasteiger partial charge on any atom is 0.327 e. The fraction of sp³-hybridized carbons (Fsp3) is 0.600. The van der Waals surface area contributed by atoms with Gasteiger partial charge in [-0.25, -0.2) is 9.52 Å². The van der Waals surface area contributed by atoms with E-state index < -0.39 is 24.0 Å². The van der Waals surface area contributed by atoms with Gasteiger partial charge in [-0.05, 0) is 18.9 Å². The molecule has 3 N–H and O–H groups in total. The number of hydrogen-bond donors (Lipinski definition) is 3. The van der Waals surface area contributed by atoms with Gasteiger partial charge in [-0.1, -0.05) is 11.8 Å². The van der Waals surface area contributed by atoms with Gasteiger partial charge in [-0.3, -0.25) is 14.4 Å². The minimum atomic E-state index is -1.20. The Morgan fingerprint density at radius 2 is 1.79 bits per heavy atom. The molecule has 0 spiro atoms. The van der Waals surface area contributed by atoms with Crippen molar-refractivity contribution in [3.05, 3.63) is 0 Å². The zero-order valence-corrected chi connectivity index (χ0v) is 12.4. The Kier molecular flexibility index (Phi) is 8.44. The highest BCUT2D eigenvalue weighted by atomic mass is 32.2. The van der Waals surface area contributed by atoms with Gasteiger partial charge in [0.15, 0.2) is 0 Å². The highest BCUT2D eigenvalue weighted by molar-refractivity contribution is 8.14. The lowest BCUT2D eigenvalue weighted by atomic mass is 10.3. The zero-order valence-electron chi connectivity index (χ0n) is 10.8. The highest BCUT2D eigenvalue weighted by Crippen LogP contribution is 2.10. The Balaban J connectivity index is 4.20. The maximum atomic E-state index is 11.6. The third-order valence-corrected chi connectivity index (χ3v) is 3.70. The minimum Gasteiger partial charge on any atom is -0.480 e. The van der Waals surface area contributed by atoms with E-state index in [1.165, 1.54) is 13.8 Å². The lowest BCUT2D eigenvalue weighted by Gasteiger charge is -2.14. The van der Waals surface area contributed by atoms with E-state index in [1.807, 2.05) is 0 Å². The first-order valence-electron chi connectivity index (χ1n) is 5.33. The molecule has 0 aromatic heterocycles. The van der Waals surface area contributed by atoms with Gasteiger partial charge in [0, 0.05) is 19.6 Å². The number of rotatable bonds is 7. The van der Waals surface area contributed by atoms with Crippen molar-refractivity contribution in [2.24, 2.45) is 0 Å². The lowest BCUT2D eigenvalue weighted by molar-refractivity contribution is -0.140. The monoisotopic (exact) mass is 308 g/mol. The van der Waals surface area contributed by atoms with Crippen LogP contribution < -0.4 is 10.0 Å². The smallest absolute Gasteiger partial charge is 0.327 e. The number of amides is 1. The van der Waals surface area contributed by atoms with Crippen LogP contribution in [0.2, 0.25) is 0 Å². The van der Waals surface area contributed by atoms with Crippen LogP contribution in [0.15, 0.2) is 0 Å². The molecule has 0 aliphatic heterocycles. The van der Waals surface area contributed by atoms with Crippen molar-refractivity contribution in [3.63, 3.8) is 0 Å². The molecule has 108 valence electrons. The molecule has 0 aromatic carbocycles. The topological polar surface area (TPSA) is 113 Å². The molecule has 0 aliphatic rings. The number of carboxylic acids is 1. The summed E-state index contributed by atoms with van der Waals surface area (Å²) in [6.07, 6.45) is 0. The van der Waals surface area contributed by atoms with Crippen LogP contribution in [-0.4, -0.2) is 45.1 Å². The van der Waals surface area contributed by atoms with Crippen LogP contribution in [0.5, 0.6) is 0 Å². The predicted molar refractivity (Wildman–Crippen MR) is 73.6 cm³/mol. The summed E-state index contributed by atoms with van der Waals surface area (Å²) in [6.45, 7) is 4.13. The molecular weight excluding hydrogens is 292 g/mol. The summed E-state index contributed by atoms with van der Waals surface area (Å²) in [5.74, 6) is -1.74. The van der Waals surface area contributed by atoms with Crippen LogP contribution in [0.25, 0.3) is 0 Å². The molecule has 9 heteroatoms. The van der Waals surface area contributed by atoms with Gasteiger partial charge in [0.1, 0.15) is 6.04 Å². The van der Waals surface area contributed by atoms with Gasteiger partial charge >= 0.3 is 5.97 Å². The summed E-state index contributed by atoms with van der Waals surface area (Å²) in [6, 6.07) is -1.70. The average Bonchev–Trinajstić information content (AvgIpc) is 2.29. The second-order valence-electron chi connectivity index (χ2n) is 3.65. The van der Waals surface area contributed by atoms with Gasteiger partial charge in [-0.2, -0.15) is 0 Å². The van der Waals surface area contributed by atoms with Crippen molar-refractivity contribution in [3.8, 4) is 0 Å². The van der Waals surface area contributed by atoms with Crippen LogP contribution in [0.4, 0.5) is 0 Å². The number of carboxylic acid groups (broad SMARTS) is 1. The van der Waals surface area contributed by atoms with Gasteiger partial charge in [0.25, 0.3) is 0 Å². The van der Waals surface area contributed by atoms with Crippen LogP contribution in [-0.2, 0) is 19.2 Å². The van der Waals surface area contributed by atoms with Gasteiger partial charge in [0.2, 0.25) is 16.1 Å². The molecule has 0 aliphatic carbocycles. The SMILES string of the molecule is CC(=O)NC(CSC(=O)C(C)NSC(C)=O)C(=O)O. The molecule has 0 aromatic rings. The molecule has 0 fully saturated rings. The highest BCUT2D eigenvalue weighted by Gasteiger charge is 2.22. The first-order chi connectivity index (χ1) is 8.73. The van der Waals surface area contributed by atoms with E-state index in [-0.39, 0.29) is 16.0 Å². The number of aliphatic carboxylic acids is 1. The van der Waals surface area contributed by atoms with Crippen molar-refractivity contribution < 1.29 is 24.3 Å². The Morgan fingerprint density at radius 3 is 2.21 bits per heavy atom. The quantitative estimate of drug-likeness (QED) is 0.564. The summed E-state index contributed by atoms with van der Waals surface area (Å²) in [7, 11) is 0. The van der Waals surface area contributed by atoms with E-state index in [1.54, 1.807) is 6.92 Å². The van der Waals surface area contributed by atoms with Crippen molar-refractivity contribution in [2.75, 3.05) is 5.75 Å². The third-order valence-electron chi connectivity index (χ3n) is 1.80. The number of carbonyl (C=O) groups is 4. The second kappa shape index (κ2) is 8.94. The molecule has 2 atom stereocenters. The molecule has 19 heavy (non-hydrogen) atoms. The molecule has 0 rings (SSSR count). The first-order valence-corrected chi connectivity index (χ1v) is 7.13. The lowest BCUT2D eigenvalue weighted by Crippen LogP contribution is -2.42. The summed E-state index contributed by atoms with van der Waals surface area (Å²) < 4.78 is 2.64. The van der Waals surface area contributed by atoms with E-state index in [0.29, 0.717) is 0 Å². The number of thioether (sulfide) groups is 1. The Morgan fingerprint density at radius 1 is 1.21 bits per heavy atom. The van der Waals surface area contributed by atoms with Crippen molar-refractivity contribution >= 4 is 45.8 Å². The van der Waals surface area contributed by atoms with E-state index in [0.717, 1.165) is 23.7 Å². The summed E-state index contributed by atoms with van der Waals surface area (Å²) in [5, 5.41) is 10.6. The standard InChI is InChI=1S/C10H16N2O5S2/c1-5(12-19-7(3)14)10(17)18-4-8(9(15)16)11-6(2)13/h5,8,12H,4H2,1-3H3,(H,11,13)(H,15,16). The largest absolute Gasteiger partial charge is 0.480 e. The number of carbonyl (C=O) groups excluding carboxylic acids is 3. The molecule has 7 nitrogen and oxygen atoms in total. The minimum absolute atomic E-state index is 0.0650. The maximum absolute atomic E-state index is 11.6. The van der Waals surface area contributed by atoms with Gasteiger partial charge in [-0.15, -0.1) is 0 Å². The third kappa shape index (κ3) is 8.62. The fourth-order valence-corrected chi connectivity index (χ4v) is 2.32. The number of hydrogen-bond acceptors (Lipinski definition) is 7. The zero-order chi connectivity index (χ0) is 15.0.